The molecule has 5 aliphatic rings. The Labute approximate surface area is 453 Å². The van der Waals surface area contributed by atoms with Crippen LogP contribution >= 0.6 is 44.7 Å². The molecule has 23 heteroatoms. The van der Waals surface area contributed by atoms with Gasteiger partial charge in [0.05, 0.1) is 34.0 Å². The monoisotopic (exact) mass is 1150 g/mol. The zero-order chi connectivity index (χ0) is 54.5. The summed E-state index contributed by atoms with van der Waals surface area (Å²) in [6, 6.07) is 19.5. The van der Waals surface area contributed by atoms with Crippen LogP contribution in [-0.2, 0) is 47.7 Å². The maximum atomic E-state index is 11.9. The van der Waals surface area contributed by atoms with Gasteiger partial charge >= 0.3 is 39.0 Å². The van der Waals surface area contributed by atoms with Crippen LogP contribution in [0.5, 0.6) is 23.0 Å². The quantitative estimate of drug-likeness (QED) is 0.133. The number of nitrogens with zero attached hydrogens (tertiary/aromatic N) is 5. The molecule has 17 nitrogen and oxygen atoms in total. The average molecular weight is 1150 g/mol. The number of benzene rings is 4. The van der Waals surface area contributed by atoms with Crippen molar-refractivity contribution in [2.24, 2.45) is 4.30 Å². The molecule has 0 bridgehead atoms. The van der Waals surface area contributed by atoms with Crippen molar-refractivity contribution in [3.63, 3.8) is 0 Å². The van der Waals surface area contributed by atoms with E-state index in [1.807, 2.05) is 88.4 Å². The molecule has 1 radical (unpaired) electrons. The molecule has 1 saturated heterocycles. The molecule has 1 fully saturated rings. The third kappa shape index (κ3) is 15.4. The Balaban J connectivity index is 0.000000205. The van der Waals surface area contributed by atoms with Crippen molar-refractivity contribution in [1.29, 1.82) is 0 Å². The summed E-state index contributed by atoms with van der Waals surface area (Å²) in [5, 5.41) is 15.8. The third-order valence-electron chi connectivity index (χ3n) is 12.7. The normalized spacial score (nSPS) is 16.3. The van der Waals surface area contributed by atoms with Crippen molar-refractivity contribution in [3.05, 3.63) is 86.3 Å². The molecule has 0 saturated carbocycles. The van der Waals surface area contributed by atoms with E-state index >= 15 is 0 Å². The molecule has 0 spiro atoms. The first-order valence-electron chi connectivity index (χ1n) is 23.6. The number of hydrogen-bond acceptors (Lipinski definition) is 14. The Kier molecular flexibility index (Phi) is 22.5. The van der Waals surface area contributed by atoms with Gasteiger partial charge in [-0.1, -0.05) is 65.6 Å². The molecule has 5 heterocycles. The number of ether oxygens (including phenoxy) is 4. The molecule has 4 amide bonds. The summed E-state index contributed by atoms with van der Waals surface area (Å²) < 4.78 is 38.6. The van der Waals surface area contributed by atoms with Gasteiger partial charge in [0, 0.05) is 37.1 Å². The molecular weight excluding hydrogens is 1090 g/mol. The second kappa shape index (κ2) is 27.1. The molecule has 2 N–H and O–H groups in total. The summed E-state index contributed by atoms with van der Waals surface area (Å²) in [6.45, 7) is 16.6. The first-order chi connectivity index (χ1) is 34.4. The summed E-state index contributed by atoms with van der Waals surface area (Å²) in [5.41, 5.74) is 6.99. The minimum absolute atomic E-state index is 0.00162. The topological polar surface area (TPSA) is 189 Å². The van der Waals surface area contributed by atoms with E-state index in [-0.39, 0.29) is 50.1 Å². The van der Waals surface area contributed by atoms with Crippen molar-refractivity contribution in [1.82, 2.24) is 0 Å². The Morgan fingerprint density at radius 3 is 1.38 bits per heavy atom. The number of carbonyl (C=O) groups is 4. The van der Waals surface area contributed by atoms with Crippen LogP contribution in [0.25, 0.3) is 0 Å². The number of thiol groups is 1. The zero-order valence-corrected chi connectivity index (χ0v) is 47.6. The number of halogens is 2. The fourth-order valence-electron chi connectivity index (χ4n) is 7.27. The van der Waals surface area contributed by atoms with Crippen molar-refractivity contribution < 1.29 is 57.5 Å². The van der Waals surface area contributed by atoms with Gasteiger partial charge in [0.15, 0.2) is 26.4 Å². The van der Waals surface area contributed by atoms with Gasteiger partial charge in [0.2, 0.25) is 0 Å². The average Bonchev–Trinajstić information content (AvgIpc) is 3.59. The Morgan fingerprint density at radius 1 is 0.603 bits per heavy atom. The van der Waals surface area contributed by atoms with Gasteiger partial charge in [-0.15, -0.1) is 0 Å². The van der Waals surface area contributed by atoms with Crippen LogP contribution in [-0.4, -0.2) is 121 Å². The number of amides is 4. The van der Waals surface area contributed by atoms with E-state index in [2.05, 4.69) is 77.4 Å². The predicted octanol–water partition coefficient (Wildman–Crippen LogP) is 7.34. The van der Waals surface area contributed by atoms with Gasteiger partial charge in [0.1, 0.15) is 23.0 Å². The summed E-state index contributed by atoms with van der Waals surface area (Å²) >= 11 is 10.0. The summed E-state index contributed by atoms with van der Waals surface area (Å²) in [7, 11) is 9.84. The molecule has 0 aliphatic carbocycles. The number of carbonyl (C=O) groups excluding carboxylic acids is 4. The van der Waals surface area contributed by atoms with Gasteiger partial charge in [-0.2, -0.15) is 0 Å². The van der Waals surface area contributed by atoms with E-state index in [1.54, 1.807) is 54.7 Å². The number of fused-ring (bicyclic) bond motifs is 4. The van der Waals surface area contributed by atoms with E-state index < -0.39 is 25.4 Å². The minimum atomic E-state index is -1.12. The van der Waals surface area contributed by atoms with Crippen LogP contribution in [0, 0.1) is 0 Å². The Hall–Kier alpha value is -4.90. The number of aryl methyl sites for hydroxylation is 3. The van der Waals surface area contributed by atoms with E-state index in [4.69, 9.17) is 38.3 Å². The molecule has 0 unspecified atom stereocenters. The summed E-state index contributed by atoms with van der Waals surface area (Å²) in [4.78, 5) is 52.3. The third-order valence-corrected chi connectivity index (χ3v) is 13.9. The second-order valence-corrected chi connectivity index (χ2v) is 20.0. The van der Waals surface area contributed by atoms with Gasteiger partial charge in [0.25, 0.3) is 23.6 Å². The molecule has 391 valence electrons. The molecule has 0 aromatic heterocycles. The van der Waals surface area contributed by atoms with E-state index in [0.717, 1.165) is 85.0 Å². The predicted molar refractivity (Wildman–Crippen MR) is 298 cm³/mol. The van der Waals surface area contributed by atoms with Crippen LogP contribution in [0.1, 0.15) is 72.1 Å². The van der Waals surface area contributed by atoms with Gasteiger partial charge in [-0.25, -0.2) is 0 Å². The summed E-state index contributed by atoms with van der Waals surface area (Å²) in [6.07, 6.45) is 3.18. The Morgan fingerprint density at radius 2 is 0.973 bits per heavy atom. The van der Waals surface area contributed by atoms with E-state index in [0.29, 0.717) is 6.32 Å². The first-order valence-corrected chi connectivity index (χ1v) is 25.6. The fourth-order valence-corrected chi connectivity index (χ4v) is 8.22. The van der Waals surface area contributed by atoms with Crippen LogP contribution < -0.4 is 44.0 Å². The molecule has 73 heavy (non-hydrogen) atoms. The second-order valence-electron chi connectivity index (χ2n) is 18.0. The van der Waals surface area contributed by atoms with Crippen LogP contribution in [0.15, 0.2) is 73.9 Å². The Bertz CT molecular complexity index is 2610. The number of anilines is 4. The number of likely N-dealkylation sites (N-methyl/N-ethyl adjacent to an activating group) is 4. The van der Waals surface area contributed by atoms with E-state index in [1.165, 1.54) is 11.1 Å². The zero-order valence-electron chi connectivity index (χ0n) is 43.6. The molecule has 5 aliphatic heterocycles. The molecule has 4 aromatic carbocycles. The van der Waals surface area contributed by atoms with Gasteiger partial charge in [-0.3, -0.25) is 19.2 Å². The molecule has 4 aromatic rings. The van der Waals surface area contributed by atoms with Crippen molar-refractivity contribution >= 4 is 118 Å². The molecule has 0 atom stereocenters. The van der Waals surface area contributed by atoms with Crippen molar-refractivity contribution in [2.75, 3.05) is 74.2 Å². The summed E-state index contributed by atoms with van der Waals surface area (Å²) in [5.74, 6) is 3.00. The van der Waals surface area contributed by atoms with Gasteiger partial charge in [-0.05, 0) is 130 Å². The standard InChI is InChI=1S/C17H24BNO4.C11H12BrNO2.C11H13NO2.C9H8BrNO2.C2H7BO2.BHNS/c1-7-11-8-14-13(19(6)15(20)10-21-14)9-12(11)18-22-16(2,3)17(4,5)23-18;1-3-7-4-10-9(5-8(7)12)13(2)11(14)6-15-10;1-3-8-4-5-9-10(6-8)14-7-11(13)12(9)2;1-11-7-3-2-6(10)4-8(7)13-5-9(11)12;1-2-3(4)5;1-2-3/h8-9H,7,10H2,1-6H3;4-5H,3,6H2,1-2H3;4-6H,3,7H2,1-2H3;2-4H,5H2,1H3;4-5H,2H2,1H3;3H. The SMILES string of the molecule is CCB(O)O.CCc1cc2c(cc1B1OC(C)(C)C(C)(C)O1)N(C)C(=O)CO2.CCc1cc2c(cc1Br)N(C)C(=O)CO2.CCc1ccc2c(c1)OCC(=O)N2C.CN1C(=O)COc2cc(Br)ccc21.[B]=NS. The van der Waals surface area contributed by atoms with Gasteiger partial charge < -0.3 is 57.9 Å². The molecule has 9 rings (SSSR count). The number of rotatable bonds is 5. The van der Waals surface area contributed by atoms with Crippen molar-refractivity contribution in [2.45, 2.75) is 92.2 Å². The van der Waals surface area contributed by atoms with Crippen LogP contribution in [0.4, 0.5) is 22.7 Å². The van der Waals surface area contributed by atoms with Crippen molar-refractivity contribution in [3.8, 4) is 23.0 Å². The van der Waals surface area contributed by atoms with Crippen LogP contribution in [0.2, 0.25) is 6.32 Å². The van der Waals surface area contributed by atoms with E-state index in [9.17, 15) is 19.2 Å². The molecular formula is C50H65B3Br2N5O12S. The first kappa shape index (κ1) is 60.7. The maximum absolute atomic E-state index is 11.9. The fraction of sp³-hybridized carbons (Fsp3) is 0.440. The van der Waals surface area contributed by atoms with Crippen LogP contribution in [0.3, 0.4) is 0 Å². The number of hydrogen-bond donors (Lipinski definition) is 3.